The standard InChI is InChI=1S/C44H43F3N2O4/c1-3-24-48-25-23-42-39-32-18-19-36(52-2)40(39)53-41(42)35(21-22-43(42,51)37(48)27-32)49(38(50)20-17-29-11-10-16-33(26-29)44(45,46)47)28-34(30-12-6-4-7-13-30)31-14-8-5-9-15-31/h3-20,26,34-35,37,41,51H,1,21-25,27-28H2,2H3/b20-17+/t35?,37-,41?,42+,43-/m1/s1. The number of hydrogen-bond donors (Lipinski definition) is 1. The molecule has 0 aromatic heterocycles. The molecule has 2 unspecified atom stereocenters. The fraction of sp³-hybridized carbons (Fsp3) is 0.341. The Morgan fingerprint density at radius 3 is 2.42 bits per heavy atom. The summed E-state index contributed by atoms with van der Waals surface area (Å²) in [5.74, 6) is 0.665. The van der Waals surface area contributed by atoms with Crippen molar-refractivity contribution in [3.05, 3.63) is 149 Å². The number of benzene rings is 4. The van der Waals surface area contributed by atoms with Crippen molar-refractivity contribution in [2.75, 3.05) is 26.7 Å². The first-order valence-corrected chi connectivity index (χ1v) is 18.3. The first-order valence-electron chi connectivity index (χ1n) is 18.3. The van der Waals surface area contributed by atoms with Crippen molar-refractivity contribution >= 4 is 12.0 Å². The number of alkyl halides is 3. The summed E-state index contributed by atoms with van der Waals surface area (Å²) >= 11 is 0. The van der Waals surface area contributed by atoms with E-state index in [4.69, 9.17) is 9.47 Å². The van der Waals surface area contributed by atoms with E-state index in [9.17, 15) is 23.1 Å². The molecule has 1 saturated heterocycles. The summed E-state index contributed by atoms with van der Waals surface area (Å²) in [6.45, 7) is 5.65. The van der Waals surface area contributed by atoms with Gasteiger partial charge in [-0.25, -0.2) is 0 Å². The number of piperidine rings is 1. The summed E-state index contributed by atoms with van der Waals surface area (Å²) in [7, 11) is 1.61. The molecule has 6 nitrogen and oxygen atoms in total. The van der Waals surface area contributed by atoms with Crippen LogP contribution in [0.2, 0.25) is 0 Å². The van der Waals surface area contributed by atoms with Gasteiger partial charge in [-0.3, -0.25) is 9.69 Å². The van der Waals surface area contributed by atoms with Crippen molar-refractivity contribution in [3.63, 3.8) is 0 Å². The van der Waals surface area contributed by atoms with Crippen LogP contribution in [0.4, 0.5) is 13.2 Å². The normalized spacial score (nSPS) is 25.9. The summed E-state index contributed by atoms with van der Waals surface area (Å²) in [6.07, 6.45) is 1.79. The largest absolute Gasteiger partial charge is 0.493 e. The van der Waals surface area contributed by atoms with Crippen molar-refractivity contribution < 1.29 is 32.5 Å². The van der Waals surface area contributed by atoms with Gasteiger partial charge >= 0.3 is 6.18 Å². The zero-order chi connectivity index (χ0) is 37.0. The van der Waals surface area contributed by atoms with E-state index in [0.29, 0.717) is 43.7 Å². The van der Waals surface area contributed by atoms with E-state index in [-0.39, 0.29) is 30.0 Å². The van der Waals surface area contributed by atoms with Crippen molar-refractivity contribution in [2.24, 2.45) is 0 Å². The van der Waals surface area contributed by atoms with Gasteiger partial charge in [0.2, 0.25) is 5.91 Å². The second kappa shape index (κ2) is 13.5. The van der Waals surface area contributed by atoms with Crippen LogP contribution in [-0.2, 0) is 22.8 Å². The van der Waals surface area contributed by atoms with E-state index >= 15 is 0 Å². The third-order valence-electron chi connectivity index (χ3n) is 12.2. The molecule has 53 heavy (non-hydrogen) atoms. The Hall–Kier alpha value is -4.86. The molecule has 4 aliphatic rings. The highest BCUT2D eigenvalue weighted by atomic mass is 19.4. The third kappa shape index (κ3) is 5.76. The summed E-state index contributed by atoms with van der Waals surface area (Å²) in [6, 6.07) is 28.4. The van der Waals surface area contributed by atoms with Gasteiger partial charge in [0.15, 0.2) is 11.5 Å². The maximum atomic E-state index is 14.8. The van der Waals surface area contributed by atoms with E-state index in [1.807, 2.05) is 53.4 Å². The Morgan fingerprint density at radius 1 is 1.04 bits per heavy atom. The molecule has 9 heteroatoms. The van der Waals surface area contributed by atoms with Gasteiger partial charge in [-0.15, -0.1) is 6.58 Å². The van der Waals surface area contributed by atoms with Crippen LogP contribution in [0.15, 0.2) is 116 Å². The van der Waals surface area contributed by atoms with E-state index in [1.54, 1.807) is 13.2 Å². The van der Waals surface area contributed by atoms with Gasteiger partial charge in [-0.1, -0.05) is 84.9 Å². The van der Waals surface area contributed by atoms with Crippen LogP contribution in [0, 0.1) is 0 Å². The van der Waals surface area contributed by atoms with Crippen LogP contribution in [0.25, 0.3) is 6.08 Å². The van der Waals surface area contributed by atoms with E-state index in [2.05, 4.69) is 41.8 Å². The monoisotopic (exact) mass is 720 g/mol. The van der Waals surface area contributed by atoms with Crippen molar-refractivity contribution in [2.45, 2.75) is 67.0 Å². The van der Waals surface area contributed by atoms with Crippen LogP contribution in [0.1, 0.15) is 58.6 Å². The number of carbonyl (C=O) groups excluding carboxylic acids is 1. The predicted molar refractivity (Wildman–Crippen MR) is 198 cm³/mol. The first-order chi connectivity index (χ1) is 25.6. The second-order valence-electron chi connectivity index (χ2n) is 14.7. The van der Waals surface area contributed by atoms with E-state index < -0.39 is 34.9 Å². The second-order valence-corrected chi connectivity index (χ2v) is 14.7. The molecule has 2 bridgehead atoms. The maximum Gasteiger partial charge on any atom is 0.416 e. The molecule has 1 spiro atoms. The summed E-state index contributed by atoms with van der Waals surface area (Å²) < 4.78 is 53.7. The molecule has 1 amide bonds. The lowest BCUT2D eigenvalue weighted by Gasteiger charge is -2.64. The van der Waals surface area contributed by atoms with Gasteiger partial charge in [0.25, 0.3) is 0 Å². The number of ether oxygens (including phenoxy) is 2. The molecule has 2 aliphatic carbocycles. The van der Waals surface area contributed by atoms with Gasteiger partial charge in [0.1, 0.15) is 6.10 Å². The van der Waals surface area contributed by atoms with Crippen LogP contribution in [0.3, 0.4) is 0 Å². The number of methoxy groups -OCH3 is 1. The van der Waals surface area contributed by atoms with Crippen molar-refractivity contribution in [3.8, 4) is 11.5 Å². The number of nitrogens with zero attached hydrogens (tertiary/aromatic N) is 2. The number of rotatable bonds is 10. The molecule has 0 radical (unpaired) electrons. The quantitative estimate of drug-likeness (QED) is 0.134. The molecule has 4 aromatic rings. The Balaban J connectivity index is 1.25. The number of carbonyl (C=O) groups is 1. The predicted octanol–water partition coefficient (Wildman–Crippen LogP) is 7.80. The first kappa shape index (κ1) is 35.2. The zero-order valence-electron chi connectivity index (χ0n) is 29.6. The number of hydrogen-bond acceptors (Lipinski definition) is 5. The Morgan fingerprint density at radius 2 is 1.75 bits per heavy atom. The Labute approximate surface area is 308 Å². The lowest BCUT2D eigenvalue weighted by Crippen LogP contribution is -2.78. The summed E-state index contributed by atoms with van der Waals surface area (Å²) in [5.41, 5.74) is 1.70. The topological polar surface area (TPSA) is 62.2 Å². The summed E-state index contributed by atoms with van der Waals surface area (Å²) in [5, 5.41) is 13.1. The zero-order valence-corrected chi connectivity index (χ0v) is 29.6. The molecule has 2 heterocycles. The minimum atomic E-state index is -4.51. The van der Waals surface area contributed by atoms with Crippen LogP contribution in [0.5, 0.6) is 11.5 Å². The Kier molecular flexibility index (Phi) is 8.98. The number of likely N-dealkylation sites (tertiary alicyclic amines) is 1. The molecule has 1 N–H and O–H groups in total. The van der Waals surface area contributed by atoms with Crippen molar-refractivity contribution in [1.29, 1.82) is 0 Å². The van der Waals surface area contributed by atoms with E-state index in [0.717, 1.165) is 40.9 Å². The molecule has 4 aromatic carbocycles. The van der Waals surface area contributed by atoms with Crippen LogP contribution in [-0.4, -0.2) is 71.3 Å². The average Bonchev–Trinajstić information content (AvgIpc) is 3.52. The summed E-state index contributed by atoms with van der Waals surface area (Å²) in [4.78, 5) is 19.0. The van der Waals surface area contributed by atoms with Gasteiger partial charge in [0, 0.05) is 36.7 Å². The molecule has 8 rings (SSSR count). The lowest BCUT2D eigenvalue weighted by atomic mass is 9.48. The number of halogens is 3. The van der Waals surface area contributed by atoms with Gasteiger partial charge in [-0.2, -0.15) is 13.2 Å². The Bertz CT molecular complexity index is 2000. The molecular formula is C44H43F3N2O4. The number of amides is 1. The molecule has 274 valence electrons. The third-order valence-corrected chi connectivity index (χ3v) is 12.2. The fourth-order valence-corrected chi connectivity index (χ4v) is 9.90. The maximum absolute atomic E-state index is 14.8. The van der Waals surface area contributed by atoms with Gasteiger partial charge < -0.3 is 19.5 Å². The highest BCUT2D eigenvalue weighted by Crippen LogP contribution is 2.66. The smallest absolute Gasteiger partial charge is 0.416 e. The molecule has 2 fully saturated rings. The minimum absolute atomic E-state index is 0.167. The van der Waals surface area contributed by atoms with Gasteiger partial charge in [-0.05, 0) is 78.8 Å². The van der Waals surface area contributed by atoms with Crippen LogP contribution >= 0.6 is 0 Å². The van der Waals surface area contributed by atoms with Crippen molar-refractivity contribution in [1.82, 2.24) is 9.80 Å². The molecule has 5 atom stereocenters. The average molecular weight is 721 g/mol. The van der Waals surface area contributed by atoms with E-state index in [1.165, 1.54) is 18.2 Å². The number of aliphatic hydroxyl groups is 1. The minimum Gasteiger partial charge on any atom is -0.493 e. The van der Waals surface area contributed by atoms with Crippen LogP contribution < -0.4 is 9.47 Å². The highest BCUT2D eigenvalue weighted by Gasteiger charge is 2.73. The van der Waals surface area contributed by atoms with Gasteiger partial charge in [0.05, 0.1) is 29.7 Å². The highest BCUT2D eigenvalue weighted by molar-refractivity contribution is 5.92. The lowest BCUT2D eigenvalue weighted by molar-refractivity contribution is -0.199. The SMILES string of the molecule is C=CCN1CC[C@]23c4c5ccc(OC)c4OC2C(N(CC(c2ccccc2)c2ccccc2)C(=O)/C=C/c2cccc(C(F)(F)F)c2)CC[C@@]3(O)[C@H]1C5. The fourth-order valence-electron chi connectivity index (χ4n) is 9.90. The molecular weight excluding hydrogens is 677 g/mol. The molecule has 1 saturated carbocycles. The molecule has 2 aliphatic heterocycles.